The molecule has 6 nitrogen and oxygen atoms in total. The number of nitrogens with zero attached hydrogens (tertiary/aromatic N) is 1. The molecule has 2 rings (SSSR count). The maximum atomic E-state index is 13.3. The van der Waals surface area contributed by atoms with Gasteiger partial charge >= 0.3 is 0 Å². The third-order valence-corrected chi connectivity index (χ3v) is 6.35. The topological polar surface area (TPSA) is 89.9 Å². The molecule has 2 aromatic rings. The predicted octanol–water partition coefficient (Wildman–Crippen LogP) is 4.14. The number of carbonyl (C=O) groups is 2. The molecule has 0 aliphatic rings. The standard InChI is InChI=1S/C27H38N2O4S/c1-26(2,3)28-24(32)22-13-9-10-14-23(22)34-18-20(31)17-19-11-7-8-12-21(19)25(33)29(15-16-30)27(4,5)6/h7-14,20,30-31H,15-18H2,1-6H3,(H,28,32). The van der Waals surface area contributed by atoms with Crippen LogP contribution in [0.2, 0.25) is 0 Å². The van der Waals surface area contributed by atoms with Gasteiger partial charge in [0.15, 0.2) is 0 Å². The highest BCUT2D eigenvalue weighted by Crippen LogP contribution is 2.26. The Morgan fingerprint density at radius 3 is 2.15 bits per heavy atom. The monoisotopic (exact) mass is 486 g/mol. The SMILES string of the molecule is CC(C)(C)NC(=O)c1ccccc1SCC(O)Cc1ccccc1C(=O)N(CCO)C(C)(C)C. The quantitative estimate of drug-likeness (QED) is 0.464. The summed E-state index contributed by atoms with van der Waals surface area (Å²) in [5.41, 5.74) is 1.07. The number of benzene rings is 2. The van der Waals surface area contributed by atoms with Gasteiger partial charge in [-0.25, -0.2) is 0 Å². The first kappa shape index (κ1) is 27.9. The molecule has 0 aliphatic carbocycles. The molecule has 0 radical (unpaired) electrons. The summed E-state index contributed by atoms with van der Waals surface area (Å²) < 4.78 is 0. The van der Waals surface area contributed by atoms with Crippen LogP contribution in [0.3, 0.4) is 0 Å². The molecule has 2 amide bonds. The van der Waals surface area contributed by atoms with Gasteiger partial charge in [-0.1, -0.05) is 30.3 Å². The second kappa shape index (κ2) is 11.9. The summed E-state index contributed by atoms with van der Waals surface area (Å²) in [7, 11) is 0. The minimum Gasteiger partial charge on any atom is -0.395 e. The van der Waals surface area contributed by atoms with E-state index in [9.17, 15) is 19.8 Å². The van der Waals surface area contributed by atoms with Gasteiger partial charge in [0, 0.05) is 33.8 Å². The number of aliphatic hydroxyl groups is 2. The van der Waals surface area contributed by atoms with Crippen LogP contribution in [0.25, 0.3) is 0 Å². The number of hydrogen-bond donors (Lipinski definition) is 3. The number of hydrogen-bond acceptors (Lipinski definition) is 5. The Bertz CT molecular complexity index is 979. The van der Waals surface area contributed by atoms with Crippen molar-refractivity contribution in [3.8, 4) is 0 Å². The summed E-state index contributed by atoms with van der Waals surface area (Å²) >= 11 is 1.42. The van der Waals surface area contributed by atoms with E-state index in [1.165, 1.54) is 11.8 Å². The average molecular weight is 487 g/mol. The molecule has 0 heterocycles. The Kier molecular flexibility index (Phi) is 9.74. The maximum absolute atomic E-state index is 13.3. The zero-order valence-electron chi connectivity index (χ0n) is 21.1. The zero-order valence-corrected chi connectivity index (χ0v) is 21.9. The molecule has 0 spiro atoms. The number of amides is 2. The van der Waals surface area contributed by atoms with Crippen molar-refractivity contribution in [3.63, 3.8) is 0 Å². The lowest BCUT2D eigenvalue weighted by molar-refractivity contribution is 0.0525. The van der Waals surface area contributed by atoms with E-state index in [1.54, 1.807) is 17.0 Å². The molecule has 0 aromatic heterocycles. The van der Waals surface area contributed by atoms with Crippen molar-refractivity contribution >= 4 is 23.6 Å². The van der Waals surface area contributed by atoms with Gasteiger partial charge < -0.3 is 20.4 Å². The average Bonchev–Trinajstić information content (AvgIpc) is 2.74. The number of nitrogens with one attached hydrogen (secondary N) is 1. The van der Waals surface area contributed by atoms with Gasteiger partial charge in [-0.2, -0.15) is 0 Å². The van der Waals surface area contributed by atoms with Crippen LogP contribution in [-0.2, 0) is 6.42 Å². The Balaban J connectivity index is 2.14. The van der Waals surface area contributed by atoms with Gasteiger partial charge in [0.2, 0.25) is 0 Å². The fourth-order valence-corrected chi connectivity index (χ4v) is 4.56. The molecule has 1 atom stereocenters. The lowest BCUT2D eigenvalue weighted by Crippen LogP contribution is -2.47. The second-order valence-electron chi connectivity index (χ2n) is 10.4. The number of aliphatic hydroxyl groups excluding tert-OH is 2. The molecule has 186 valence electrons. The Morgan fingerprint density at radius 2 is 1.56 bits per heavy atom. The van der Waals surface area contributed by atoms with Crippen molar-refractivity contribution in [2.75, 3.05) is 18.9 Å². The van der Waals surface area contributed by atoms with E-state index in [0.717, 1.165) is 10.5 Å². The van der Waals surface area contributed by atoms with E-state index in [-0.39, 0.29) is 30.5 Å². The van der Waals surface area contributed by atoms with Crippen molar-refractivity contribution in [1.82, 2.24) is 10.2 Å². The third kappa shape index (κ3) is 8.15. The Morgan fingerprint density at radius 1 is 0.971 bits per heavy atom. The van der Waals surface area contributed by atoms with Crippen LogP contribution in [0, 0.1) is 0 Å². The van der Waals surface area contributed by atoms with E-state index in [1.807, 2.05) is 77.9 Å². The fourth-order valence-electron chi connectivity index (χ4n) is 3.58. The molecular weight excluding hydrogens is 448 g/mol. The van der Waals surface area contributed by atoms with Gasteiger partial charge in [-0.3, -0.25) is 9.59 Å². The molecule has 3 N–H and O–H groups in total. The third-order valence-electron chi connectivity index (χ3n) is 5.13. The van der Waals surface area contributed by atoms with Crippen LogP contribution < -0.4 is 5.32 Å². The molecule has 2 aromatic carbocycles. The predicted molar refractivity (Wildman–Crippen MR) is 138 cm³/mol. The Hall–Kier alpha value is -2.35. The second-order valence-corrected chi connectivity index (χ2v) is 11.4. The minimum absolute atomic E-state index is 0.118. The van der Waals surface area contributed by atoms with Gasteiger partial charge in [0.1, 0.15) is 0 Å². The van der Waals surface area contributed by atoms with Gasteiger partial charge in [-0.05, 0) is 71.7 Å². The zero-order chi connectivity index (χ0) is 25.5. The van der Waals surface area contributed by atoms with E-state index >= 15 is 0 Å². The maximum Gasteiger partial charge on any atom is 0.254 e. The van der Waals surface area contributed by atoms with Crippen LogP contribution in [-0.4, -0.2) is 63.0 Å². The number of rotatable bonds is 9. The van der Waals surface area contributed by atoms with Crippen LogP contribution in [0.1, 0.15) is 67.8 Å². The van der Waals surface area contributed by atoms with E-state index < -0.39 is 11.6 Å². The summed E-state index contributed by atoms with van der Waals surface area (Å²) in [5.74, 6) is 0.0653. The van der Waals surface area contributed by atoms with Crippen LogP contribution >= 0.6 is 11.8 Å². The minimum atomic E-state index is -0.710. The first-order chi connectivity index (χ1) is 15.8. The first-order valence-corrected chi connectivity index (χ1v) is 12.5. The molecule has 1 unspecified atom stereocenters. The van der Waals surface area contributed by atoms with E-state index in [2.05, 4.69) is 5.32 Å². The molecule has 0 bridgehead atoms. The molecule has 34 heavy (non-hydrogen) atoms. The van der Waals surface area contributed by atoms with Crippen molar-refractivity contribution in [2.45, 2.75) is 70.0 Å². The lowest BCUT2D eigenvalue weighted by atomic mass is 9.98. The van der Waals surface area contributed by atoms with Crippen molar-refractivity contribution in [3.05, 3.63) is 65.2 Å². The van der Waals surface area contributed by atoms with Gasteiger partial charge in [0.05, 0.1) is 18.3 Å². The highest BCUT2D eigenvalue weighted by molar-refractivity contribution is 7.99. The summed E-state index contributed by atoms with van der Waals surface area (Å²) in [6.45, 7) is 11.7. The van der Waals surface area contributed by atoms with Gasteiger partial charge in [-0.15, -0.1) is 11.8 Å². The van der Waals surface area contributed by atoms with Crippen molar-refractivity contribution in [2.24, 2.45) is 0 Å². The van der Waals surface area contributed by atoms with Crippen LogP contribution in [0.5, 0.6) is 0 Å². The molecule has 7 heteroatoms. The van der Waals surface area contributed by atoms with E-state index in [0.29, 0.717) is 23.3 Å². The van der Waals surface area contributed by atoms with E-state index in [4.69, 9.17) is 0 Å². The van der Waals surface area contributed by atoms with Crippen LogP contribution in [0.15, 0.2) is 53.4 Å². The largest absolute Gasteiger partial charge is 0.395 e. The smallest absolute Gasteiger partial charge is 0.254 e. The molecule has 0 saturated carbocycles. The summed E-state index contributed by atoms with van der Waals surface area (Å²) in [5, 5.41) is 23.2. The van der Waals surface area contributed by atoms with Crippen molar-refractivity contribution in [1.29, 1.82) is 0 Å². The number of carbonyl (C=O) groups excluding carboxylic acids is 2. The van der Waals surface area contributed by atoms with Gasteiger partial charge in [0.25, 0.3) is 11.8 Å². The Labute approximate surface area is 207 Å². The normalized spacial score (nSPS) is 12.8. The number of thioether (sulfide) groups is 1. The summed E-state index contributed by atoms with van der Waals surface area (Å²) in [6, 6.07) is 14.6. The highest BCUT2D eigenvalue weighted by Gasteiger charge is 2.28. The summed E-state index contributed by atoms with van der Waals surface area (Å²) in [6.07, 6.45) is -0.402. The molecule has 0 aliphatic heterocycles. The molecular formula is C27H38N2O4S. The number of β-amino-alcohol motifs (C(OH)–C–C–N with tert-alkyl or cyclic N) is 1. The first-order valence-electron chi connectivity index (χ1n) is 11.6. The lowest BCUT2D eigenvalue weighted by Gasteiger charge is -2.36. The van der Waals surface area contributed by atoms with Crippen LogP contribution in [0.4, 0.5) is 0 Å². The molecule has 0 fully saturated rings. The molecule has 0 saturated heterocycles. The van der Waals surface area contributed by atoms with Crippen molar-refractivity contribution < 1.29 is 19.8 Å². The fraction of sp³-hybridized carbons (Fsp3) is 0.481. The highest BCUT2D eigenvalue weighted by atomic mass is 32.2. The summed E-state index contributed by atoms with van der Waals surface area (Å²) in [4.78, 5) is 28.4.